The maximum Gasteiger partial charge on any atom is 0.263 e. The van der Waals surface area contributed by atoms with E-state index in [4.69, 9.17) is 16.3 Å². The second kappa shape index (κ2) is 8.91. The molecule has 0 fully saturated rings. The zero-order valence-corrected chi connectivity index (χ0v) is 18.5. The van der Waals surface area contributed by atoms with E-state index in [0.717, 1.165) is 16.9 Å². The lowest BCUT2D eigenvalue weighted by atomic mass is 10.1. The van der Waals surface area contributed by atoms with Crippen molar-refractivity contribution in [3.8, 4) is 16.9 Å². The molecule has 4 rings (SSSR count). The van der Waals surface area contributed by atoms with Crippen LogP contribution in [0.3, 0.4) is 0 Å². The van der Waals surface area contributed by atoms with E-state index in [1.165, 1.54) is 22.2 Å². The van der Waals surface area contributed by atoms with E-state index in [1.54, 1.807) is 43.3 Å². The summed E-state index contributed by atoms with van der Waals surface area (Å²) in [6.07, 6.45) is 1.43. The predicted molar refractivity (Wildman–Crippen MR) is 125 cm³/mol. The molecule has 158 valence electrons. The van der Waals surface area contributed by atoms with Crippen molar-refractivity contribution in [3.63, 3.8) is 0 Å². The van der Waals surface area contributed by atoms with E-state index in [-0.39, 0.29) is 11.5 Å². The van der Waals surface area contributed by atoms with Crippen LogP contribution in [0.25, 0.3) is 21.3 Å². The van der Waals surface area contributed by atoms with Crippen molar-refractivity contribution < 1.29 is 9.53 Å². The molecular formula is C23H20ClN3O3S. The molecule has 0 aliphatic rings. The molecular weight excluding hydrogens is 434 g/mol. The van der Waals surface area contributed by atoms with Crippen molar-refractivity contribution in [3.05, 3.63) is 75.6 Å². The number of carbonyl (C=O) groups excluding carboxylic acids is 1. The van der Waals surface area contributed by atoms with Gasteiger partial charge in [0.05, 0.1) is 18.3 Å². The van der Waals surface area contributed by atoms with Gasteiger partial charge in [0.15, 0.2) is 0 Å². The highest BCUT2D eigenvalue weighted by Crippen LogP contribution is 2.31. The van der Waals surface area contributed by atoms with E-state index in [1.807, 2.05) is 24.4 Å². The molecule has 8 heteroatoms. The molecule has 1 unspecified atom stereocenters. The first-order valence-corrected chi connectivity index (χ1v) is 11.0. The van der Waals surface area contributed by atoms with Crippen molar-refractivity contribution in [2.24, 2.45) is 0 Å². The van der Waals surface area contributed by atoms with Gasteiger partial charge >= 0.3 is 0 Å². The monoisotopic (exact) mass is 453 g/mol. The Morgan fingerprint density at radius 2 is 1.90 bits per heavy atom. The number of benzene rings is 2. The minimum Gasteiger partial charge on any atom is -0.494 e. The van der Waals surface area contributed by atoms with Gasteiger partial charge in [0.1, 0.15) is 16.6 Å². The van der Waals surface area contributed by atoms with Crippen LogP contribution in [0.5, 0.6) is 5.75 Å². The third-order valence-electron chi connectivity index (χ3n) is 4.90. The Bertz CT molecular complexity index is 1280. The number of amides is 1. The van der Waals surface area contributed by atoms with Crippen LogP contribution in [-0.2, 0) is 4.79 Å². The number of hydrogen-bond donors (Lipinski definition) is 1. The molecule has 31 heavy (non-hydrogen) atoms. The van der Waals surface area contributed by atoms with Crippen molar-refractivity contribution in [1.29, 1.82) is 0 Å². The Labute approximate surface area is 188 Å². The van der Waals surface area contributed by atoms with Gasteiger partial charge in [0.25, 0.3) is 5.56 Å². The van der Waals surface area contributed by atoms with Crippen LogP contribution < -0.4 is 15.6 Å². The Balaban J connectivity index is 1.63. The molecule has 2 heterocycles. The van der Waals surface area contributed by atoms with Gasteiger partial charge in [-0.15, -0.1) is 11.3 Å². The molecule has 2 aromatic heterocycles. The maximum absolute atomic E-state index is 13.3. The molecule has 4 aromatic rings. The average molecular weight is 454 g/mol. The third kappa shape index (κ3) is 4.33. The fourth-order valence-corrected chi connectivity index (χ4v) is 4.27. The fourth-order valence-electron chi connectivity index (χ4n) is 3.24. The molecule has 1 N–H and O–H groups in total. The average Bonchev–Trinajstić information content (AvgIpc) is 3.21. The topological polar surface area (TPSA) is 73.2 Å². The number of ether oxygens (including phenoxy) is 1. The van der Waals surface area contributed by atoms with E-state index in [9.17, 15) is 9.59 Å². The van der Waals surface area contributed by atoms with E-state index < -0.39 is 6.04 Å². The number of fused-ring (bicyclic) bond motifs is 1. The van der Waals surface area contributed by atoms with Gasteiger partial charge in [-0.2, -0.15) is 0 Å². The Hall–Kier alpha value is -3.16. The molecule has 0 aliphatic carbocycles. The summed E-state index contributed by atoms with van der Waals surface area (Å²) in [6.45, 7) is 4.15. The first kappa shape index (κ1) is 21.1. The third-order valence-corrected chi connectivity index (χ3v) is 6.04. The normalized spacial score (nSPS) is 12.0. The quantitative estimate of drug-likeness (QED) is 0.425. The van der Waals surface area contributed by atoms with Gasteiger partial charge in [0.2, 0.25) is 5.91 Å². The zero-order valence-electron chi connectivity index (χ0n) is 17.0. The lowest BCUT2D eigenvalue weighted by Crippen LogP contribution is -2.31. The van der Waals surface area contributed by atoms with Gasteiger partial charge in [-0.3, -0.25) is 14.2 Å². The van der Waals surface area contributed by atoms with E-state index in [0.29, 0.717) is 27.5 Å². The zero-order chi connectivity index (χ0) is 22.0. The SMILES string of the molecule is CCOc1ccc(NC(=O)C(C)n2cnc3scc(-c4ccc(Cl)cc4)c3c2=O)cc1. The highest BCUT2D eigenvalue weighted by atomic mass is 35.5. The first-order valence-electron chi connectivity index (χ1n) is 9.76. The Morgan fingerprint density at radius 3 is 2.58 bits per heavy atom. The predicted octanol–water partition coefficient (Wildman–Crippen LogP) is 5.38. The molecule has 0 bridgehead atoms. The summed E-state index contributed by atoms with van der Waals surface area (Å²) in [5.41, 5.74) is 2.02. The standard InChI is InChI=1S/C23H20ClN3O3S/c1-3-30-18-10-8-17(9-11-18)26-21(28)14(2)27-13-25-22-20(23(27)29)19(12-31-22)15-4-6-16(24)7-5-15/h4-14H,3H2,1-2H3,(H,26,28). The largest absolute Gasteiger partial charge is 0.494 e. The van der Waals surface area contributed by atoms with E-state index >= 15 is 0 Å². The Morgan fingerprint density at radius 1 is 1.19 bits per heavy atom. The second-order valence-electron chi connectivity index (χ2n) is 6.92. The molecule has 2 aromatic carbocycles. The number of nitrogens with one attached hydrogen (secondary N) is 1. The molecule has 6 nitrogen and oxygen atoms in total. The van der Waals surface area contributed by atoms with Crippen LogP contribution in [0.1, 0.15) is 19.9 Å². The first-order chi connectivity index (χ1) is 15.0. The van der Waals surface area contributed by atoms with Crippen molar-refractivity contribution in [2.75, 3.05) is 11.9 Å². The van der Waals surface area contributed by atoms with E-state index in [2.05, 4.69) is 10.3 Å². The van der Waals surface area contributed by atoms with Crippen LogP contribution in [0.2, 0.25) is 5.02 Å². The van der Waals surface area contributed by atoms with Crippen LogP contribution >= 0.6 is 22.9 Å². The Kier molecular flexibility index (Phi) is 6.06. The number of carbonyl (C=O) groups is 1. The second-order valence-corrected chi connectivity index (χ2v) is 8.21. The van der Waals surface area contributed by atoms with Crippen LogP contribution in [0.15, 0.2) is 65.0 Å². The van der Waals surface area contributed by atoms with Gasteiger partial charge in [0, 0.05) is 21.7 Å². The van der Waals surface area contributed by atoms with Gasteiger partial charge in [-0.25, -0.2) is 4.98 Å². The minimum atomic E-state index is -0.742. The van der Waals surface area contributed by atoms with Gasteiger partial charge in [-0.1, -0.05) is 23.7 Å². The lowest BCUT2D eigenvalue weighted by molar-refractivity contribution is -0.118. The number of hydrogen-bond acceptors (Lipinski definition) is 5. The number of thiophene rings is 1. The van der Waals surface area contributed by atoms with Crippen molar-refractivity contribution >= 4 is 44.7 Å². The highest BCUT2D eigenvalue weighted by molar-refractivity contribution is 7.17. The summed E-state index contributed by atoms with van der Waals surface area (Å²) < 4.78 is 6.77. The highest BCUT2D eigenvalue weighted by Gasteiger charge is 2.20. The number of rotatable bonds is 6. The van der Waals surface area contributed by atoms with Crippen LogP contribution in [0.4, 0.5) is 5.69 Å². The molecule has 0 saturated heterocycles. The molecule has 0 aliphatic heterocycles. The number of anilines is 1. The number of nitrogens with zero attached hydrogens (tertiary/aromatic N) is 2. The lowest BCUT2D eigenvalue weighted by Gasteiger charge is -2.15. The van der Waals surface area contributed by atoms with Gasteiger partial charge in [-0.05, 0) is 55.8 Å². The summed E-state index contributed by atoms with van der Waals surface area (Å²) >= 11 is 7.38. The van der Waals surface area contributed by atoms with Crippen molar-refractivity contribution in [2.45, 2.75) is 19.9 Å². The summed E-state index contributed by atoms with van der Waals surface area (Å²) in [5.74, 6) is 0.419. The van der Waals surface area contributed by atoms with Crippen LogP contribution in [0, 0.1) is 0 Å². The fraction of sp³-hybridized carbons (Fsp3) is 0.174. The van der Waals surface area contributed by atoms with Crippen LogP contribution in [-0.4, -0.2) is 22.1 Å². The summed E-state index contributed by atoms with van der Waals surface area (Å²) in [6, 6.07) is 13.6. The molecule has 0 radical (unpaired) electrons. The number of halogens is 1. The molecule has 0 saturated carbocycles. The molecule has 1 amide bonds. The summed E-state index contributed by atoms with van der Waals surface area (Å²) in [7, 11) is 0. The maximum atomic E-state index is 13.3. The molecule has 0 spiro atoms. The number of aromatic nitrogens is 2. The molecule has 1 atom stereocenters. The summed E-state index contributed by atoms with van der Waals surface area (Å²) in [5, 5.41) is 5.86. The smallest absolute Gasteiger partial charge is 0.263 e. The van der Waals surface area contributed by atoms with Gasteiger partial charge < -0.3 is 10.1 Å². The van der Waals surface area contributed by atoms with Crippen molar-refractivity contribution in [1.82, 2.24) is 9.55 Å². The summed E-state index contributed by atoms with van der Waals surface area (Å²) in [4.78, 5) is 31.1. The minimum absolute atomic E-state index is 0.259.